The van der Waals surface area contributed by atoms with Crippen LogP contribution in [0.25, 0.3) is 21.9 Å². The number of aromatic amines is 1. The Labute approximate surface area is 158 Å². The summed E-state index contributed by atoms with van der Waals surface area (Å²) in [6.45, 7) is 2.43. The molecule has 1 amide bonds. The van der Waals surface area contributed by atoms with Crippen LogP contribution in [-0.4, -0.2) is 52.5 Å². The summed E-state index contributed by atoms with van der Waals surface area (Å²) in [7, 11) is -2.59. The second-order valence-electron chi connectivity index (χ2n) is 6.93. The predicted octanol–water partition coefficient (Wildman–Crippen LogP) is 2.21. The molecule has 3 aromatic heterocycles. The van der Waals surface area contributed by atoms with E-state index < -0.39 is 10.7 Å². The van der Waals surface area contributed by atoms with Crippen molar-refractivity contribution in [1.29, 1.82) is 0 Å². The van der Waals surface area contributed by atoms with Crippen molar-refractivity contribution in [2.45, 2.75) is 38.1 Å². The third-order valence-corrected chi connectivity index (χ3v) is 6.13. The van der Waals surface area contributed by atoms with Crippen molar-refractivity contribution in [2.24, 2.45) is 0 Å². The Kier molecular flexibility index (Phi) is 4.82. The van der Waals surface area contributed by atoms with Gasteiger partial charge in [0.1, 0.15) is 16.4 Å². The highest BCUT2D eigenvalue weighted by Crippen LogP contribution is 2.38. The summed E-state index contributed by atoms with van der Waals surface area (Å²) in [6, 6.07) is 3.58. The summed E-state index contributed by atoms with van der Waals surface area (Å²) in [4.78, 5) is 26.2. The first-order valence-corrected chi connectivity index (χ1v) is 10.6. The van der Waals surface area contributed by atoms with E-state index in [1.807, 2.05) is 25.3 Å². The molecular weight excluding hydrogens is 364 g/mol. The molecule has 1 aliphatic rings. The number of aromatic nitrogens is 3. The van der Waals surface area contributed by atoms with Crippen molar-refractivity contribution in [1.82, 2.24) is 19.9 Å². The number of likely N-dealkylation sites (tertiary alicyclic amines) is 1. The number of nitrogens with zero attached hydrogens (tertiary/aromatic N) is 3. The number of nitrogens with one attached hydrogen (secondary N) is 1. The Morgan fingerprint density at radius 1 is 1.33 bits per heavy atom. The van der Waals surface area contributed by atoms with Crippen molar-refractivity contribution < 1.29 is 13.2 Å². The third kappa shape index (κ3) is 3.18. The average Bonchev–Trinajstić information content (AvgIpc) is 3.15. The number of pyridine rings is 2. The minimum atomic E-state index is -2.59. The molecule has 1 fully saturated rings. The van der Waals surface area contributed by atoms with Gasteiger partial charge in [0.2, 0.25) is 5.91 Å². The van der Waals surface area contributed by atoms with Crippen LogP contribution in [0.2, 0.25) is 0 Å². The summed E-state index contributed by atoms with van der Waals surface area (Å²) in [5.74, 6) is -0.0572. The number of amides is 1. The number of H-pyrrole nitrogens is 1. The number of carbonyl (C=O) groups is 1. The highest BCUT2D eigenvalue weighted by Gasteiger charge is 2.36. The third-order valence-electron chi connectivity index (χ3n) is 5.46. The molecular formula is C19H22N4O3S. The Bertz CT molecular complexity index is 1070. The van der Waals surface area contributed by atoms with Gasteiger partial charge in [-0.2, -0.15) is 0 Å². The molecule has 7 nitrogen and oxygen atoms in total. The fourth-order valence-corrected chi connectivity index (χ4v) is 5.06. The van der Waals surface area contributed by atoms with Crippen LogP contribution >= 0.6 is 0 Å². The van der Waals surface area contributed by atoms with Gasteiger partial charge in [0.15, 0.2) is 0 Å². The maximum atomic E-state index is 12.5. The molecule has 8 heteroatoms. The number of hydrogen-bond donors (Lipinski definition) is 2. The first kappa shape index (κ1) is 17.9. The zero-order valence-corrected chi connectivity index (χ0v) is 16.0. The van der Waals surface area contributed by atoms with Gasteiger partial charge in [-0.3, -0.25) is 9.78 Å². The minimum Gasteiger partial charge on any atom is -0.346 e. The second-order valence-corrected chi connectivity index (χ2v) is 7.96. The van der Waals surface area contributed by atoms with Gasteiger partial charge in [0.05, 0.1) is 23.5 Å². The van der Waals surface area contributed by atoms with E-state index in [-0.39, 0.29) is 23.6 Å². The second kappa shape index (κ2) is 7.26. The van der Waals surface area contributed by atoms with Crippen LogP contribution < -0.4 is 0 Å². The molecule has 1 N–H and O–H groups in total. The molecule has 0 spiro atoms. The summed E-state index contributed by atoms with van der Waals surface area (Å²) in [6.07, 6.45) is 7.39. The lowest BCUT2D eigenvalue weighted by Gasteiger charge is -2.41. The summed E-state index contributed by atoms with van der Waals surface area (Å²) < 4.78 is 23.2. The topological polar surface area (TPSA) is 96.0 Å². The molecule has 4 rings (SSSR count). The summed E-state index contributed by atoms with van der Waals surface area (Å²) in [5.41, 5.74) is 2.60. The molecule has 3 aromatic rings. The quantitative estimate of drug-likeness (QED) is 0.670. The van der Waals surface area contributed by atoms with Gasteiger partial charge in [0, 0.05) is 42.0 Å². The maximum Gasteiger partial charge on any atom is 0.222 e. The van der Waals surface area contributed by atoms with E-state index in [9.17, 15) is 13.2 Å². The van der Waals surface area contributed by atoms with Crippen molar-refractivity contribution in [3.05, 3.63) is 36.3 Å². The maximum absolute atomic E-state index is 12.5. The number of carbonyl (C=O) groups excluding carboxylic acids is 1. The fourth-order valence-electron chi connectivity index (χ4n) is 4.30. The lowest BCUT2D eigenvalue weighted by molar-refractivity contribution is -0.134. The van der Waals surface area contributed by atoms with Crippen molar-refractivity contribution >= 4 is 38.5 Å². The van der Waals surface area contributed by atoms with Gasteiger partial charge in [-0.05, 0) is 30.5 Å². The molecule has 1 aliphatic heterocycles. The van der Waals surface area contributed by atoms with Gasteiger partial charge in [-0.1, -0.05) is 6.92 Å². The molecule has 142 valence electrons. The Hall–Kier alpha value is -2.48. The van der Waals surface area contributed by atoms with Gasteiger partial charge >= 0.3 is 0 Å². The van der Waals surface area contributed by atoms with E-state index in [4.69, 9.17) is 0 Å². The Balaban J connectivity index is 1.89. The lowest BCUT2D eigenvalue weighted by Crippen LogP contribution is -2.49. The summed E-state index contributed by atoms with van der Waals surface area (Å²) in [5, 5.41) is 1.96. The first-order chi connectivity index (χ1) is 13.1. The number of thiol groups is 1. The van der Waals surface area contributed by atoms with Crippen LogP contribution in [0.3, 0.4) is 0 Å². The molecule has 0 aliphatic carbocycles. The SMILES string of the molecule is CCC(=O)N1CCCC(c2ccnc3cnc4[nH]ccc4c23)C1C[SH](=O)=O. The van der Waals surface area contributed by atoms with E-state index in [0.717, 1.165) is 40.3 Å². The van der Waals surface area contributed by atoms with Crippen LogP contribution in [0.4, 0.5) is 0 Å². The van der Waals surface area contributed by atoms with Crippen LogP contribution in [0.15, 0.2) is 30.7 Å². The standard InChI is InChI=1S/C19H22N4O3S/c1-2-17(24)23-9-3-4-12(16(23)11-27(25)26)13-5-7-20-15-10-22-19-14(18(13)15)6-8-21-19/h5-8,10,12,16,27H,2-4,9,11H2,1H3,(H,21,22). The number of fused-ring (bicyclic) bond motifs is 3. The van der Waals surface area contributed by atoms with E-state index >= 15 is 0 Å². The lowest BCUT2D eigenvalue weighted by atomic mass is 9.82. The van der Waals surface area contributed by atoms with Gasteiger partial charge in [-0.15, -0.1) is 0 Å². The van der Waals surface area contributed by atoms with Gasteiger partial charge < -0.3 is 9.88 Å². The minimum absolute atomic E-state index is 0.00775. The van der Waals surface area contributed by atoms with E-state index in [0.29, 0.717) is 13.0 Å². The number of piperidine rings is 1. The molecule has 0 aromatic carbocycles. The van der Waals surface area contributed by atoms with Crippen LogP contribution in [-0.2, 0) is 15.5 Å². The largest absolute Gasteiger partial charge is 0.346 e. The van der Waals surface area contributed by atoms with Crippen molar-refractivity contribution in [2.75, 3.05) is 12.3 Å². The van der Waals surface area contributed by atoms with E-state index in [1.165, 1.54) is 0 Å². The fraction of sp³-hybridized carbons (Fsp3) is 0.421. The van der Waals surface area contributed by atoms with E-state index in [2.05, 4.69) is 15.0 Å². The number of hydrogen-bond acceptors (Lipinski definition) is 5. The zero-order chi connectivity index (χ0) is 19.0. The molecule has 4 heterocycles. The smallest absolute Gasteiger partial charge is 0.222 e. The van der Waals surface area contributed by atoms with E-state index in [1.54, 1.807) is 17.3 Å². The predicted molar refractivity (Wildman–Crippen MR) is 104 cm³/mol. The average molecular weight is 386 g/mol. The highest BCUT2D eigenvalue weighted by molar-refractivity contribution is 7.72. The number of rotatable bonds is 4. The zero-order valence-electron chi connectivity index (χ0n) is 15.1. The van der Waals surface area contributed by atoms with Gasteiger partial charge in [0.25, 0.3) is 0 Å². The molecule has 0 bridgehead atoms. The molecule has 2 unspecified atom stereocenters. The normalized spacial score (nSPS) is 20.6. The molecule has 27 heavy (non-hydrogen) atoms. The van der Waals surface area contributed by atoms with Crippen LogP contribution in [0, 0.1) is 0 Å². The Morgan fingerprint density at radius 2 is 2.19 bits per heavy atom. The molecule has 0 saturated carbocycles. The van der Waals surface area contributed by atoms with Gasteiger partial charge in [-0.25, -0.2) is 13.4 Å². The van der Waals surface area contributed by atoms with Crippen LogP contribution in [0.1, 0.15) is 37.7 Å². The molecule has 0 radical (unpaired) electrons. The molecule has 2 atom stereocenters. The monoisotopic (exact) mass is 386 g/mol. The van der Waals surface area contributed by atoms with Crippen molar-refractivity contribution in [3.63, 3.8) is 0 Å². The van der Waals surface area contributed by atoms with Crippen LogP contribution in [0.5, 0.6) is 0 Å². The highest BCUT2D eigenvalue weighted by atomic mass is 32.2. The Morgan fingerprint density at radius 3 is 2.96 bits per heavy atom. The first-order valence-electron chi connectivity index (χ1n) is 9.22. The van der Waals surface area contributed by atoms with Crippen molar-refractivity contribution in [3.8, 4) is 0 Å². The summed E-state index contributed by atoms with van der Waals surface area (Å²) >= 11 is 0. The molecule has 1 saturated heterocycles.